The Labute approximate surface area is 214 Å². The first kappa shape index (κ1) is 26.6. The Morgan fingerprint density at radius 3 is 2.53 bits per heavy atom. The van der Waals surface area contributed by atoms with E-state index in [9.17, 15) is 22.1 Å². The van der Waals surface area contributed by atoms with E-state index in [1.807, 2.05) is 12.1 Å². The minimum Gasteiger partial charge on any atom is -0.493 e. The zero-order chi connectivity index (χ0) is 25.9. The zero-order valence-corrected chi connectivity index (χ0v) is 22.5. The Morgan fingerprint density at radius 2 is 1.83 bits per heavy atom. The zero-order valence-electron chi connectivity index (χ0n) is 20.9. The predicted molar refractivity (Wildman–Crippen MR) is 140 cm³/mol. The van der Waals surface area contributed by atoms with Crippen LogP contribution in [-0.4, -0.2) is 64.7 Å². The second kappa shape index (κ2) is 10.9. The summed E-state index contributed by atoms with van der Waals surface area (Å²) in [6.45, 7) is 3.81. The van der Waals surface area contributed by atoms with Gasteiger partial charge in [0.15, 0.2) is 9.84 Å². The summed E-state index contributed by atoms with van der Waals surface area (Å²) >= 11 is 0. The van der Waals surface area contributed by atoms with Crippen LogP contribution in [0, 0.1) is 17.2 Å². The van der Waals surface area contributed by atoms with Crippen molar-refractivity contribution in [1.82, 2.24) is 4.90 Å². The number of sulfone groups is 2. The lowest BCUT2D eigenvalue weighted by Crippen LogP contribution is -2.41. The first-order valence-corrected chi connectivity index (χ1v) is 16.2. The van der Waals surface area contributed by atoms with Gasteiger partial charge in [0.05, 0.1) is 34.6 Å². The minimum absolute atomic E-state index is 0.0852. The largest absolute Gasteiger partial charge is 0.493 e. The monoisotopic (exact) mass is 530 g/mol. The van der Waals surface area contributed by atoms with Crippen LogP contribution in [0.1, 0.15) is 42.9 Å². The fourth-order valence-electron chi connectivity index (χ4n) is 5.56. The molecule has 0 unspecified atom stereocenters. The van der Waals surface area contributed by atoms with E-state index in [0.717, 1.165) is 44.0 Å². The molecule has 7 nitrogen and oxygen atoms in total. The average molecular weight is 531 g/mol. The number of hydrogen-bond donors (Lipinski definition) is 0. The van der Waals surface area contributed by atoms with Gasteiger partial charge in [-0.25, -0.2) is 16.8 Å². The number of benzene rings is 2. The summed E-state index contributed by atoms with van der Waals surface area (Å²) in [5.74, 6) is 0.691. The summed E-state index contributed by atoms with van der Waals surface area (Å²) in [4.78, 5) is 2.77. The van der Waals surface area contributed by atoms with Crippen LogP contribution in [-0.2, 0) is 32.5 Å². The number of nitrogens with zero attached hydrogens (tertiary/aromatic N) is 2. The summed E-state index contributed by atoms with van der Waals surface area (Å²) in [5, 5.41) is 9.39. The number of nitriles is 1. The topological polar surface area (TPSA) is 105 Å². The Balaban J connectivity index is 1.29. The molecule has 1 heterocycles. The third-order valence-corrected chi connectivity index (χ3v) is 10.2. The molecule has 2 aromatic rings. The molecule has 0 radical (unpaired) electrons. The van der Waals surface area contributed by atoms with Crippen molar-refractivity contribution in [3.8, 4) is 11.8 Å². The minimum atomic E-state index is -3.53. The van der Waals surface area contributed by atoms with E-state index in [4.69, 9.17) is 4.74 Å². The van der Waals surface area contributed by atoms with Gasteiger partial charge in [-0.1, -0.05) is 12.1 Å². The molecular formula is C27H34N2O5S2. The van der Waals surface area contributed by atoms with Crippen LogP contribution in [0.15, 0.2) is 47.4 Å². The lowest BCUT2D eigenvalue weighted by atomic mass is 9.85. The molecule has 1 aliphatic carbocycles. The SMILES string of the molecule is C[C@@H]1C[C@H](COc2ccc(S(=O)(=O)CCCS(C)(=O)=O)cc2)CN1[C@H]1CCc2c(C#N)cccc2C1. The van der Waals surface area contributed by atoms with Crippen molar-refractivity contribution < 1.29 is 21.6 Å². The molecule has 0 saturated carbocycles. The van der Waals surface area contributed by atoms with Crippen LogP contribution in [0.25, 0.3) is 0 Å². The van der Waals surface area contributed by atoms with E-state index in [0.29, 0.717) is 30.4 Å². The number of hydrogen-bond acceptors (Lipinski definition) is 7. The quantitative estimate of drug-likeness (QED) is 0.489. The smallest absolute Gasteiger partial charge is 0.178 e. The highest BCUT2D eigenvalue weighted by molar-refractivity contribution is 7.92. The van der Waals surface area contributed by atoms with E-state index in [-0.39, 0.29) is 22.8 Å². The molecule has 0 amide bonds. The number of likely N-dealkylation sites (tertiary alicyclic amines) is 1. The van der Waals surface area contributed by atoms with E-state index in [2.05, 4.69) is 24.0 Å². The Bertz CT molecular complexity index is 1330. The molecule has 0 spiro atoms. The van der Waals surface area contributed by atoms with Crippen LogP contribution >= 0.6 is 0 Å². The van der Waals surface area contributed by atoms with Crippen LogP contribution in [0.4, 0.5) is 0 Å². The molecule has 2 aliphatic rings. The van der Waals surface area contributed by atoms with Crippen LogP contribution < -0.4 is 4.74 Å². The van der Waals surface area contributed by atoms with Gasteiger partial charge >= 0.3 is 0 Å². The molecular weight excluding hydrogens is 496 g/mol. The summed E-state index contributed by atoms with van der Waals surface area (Å²) < 4.78 is 53.5. The van der Waals surface area contributed by atoms with E-state index >= 15 is 0 Å². The third-order valence-electron chi connectivity index (χ3n) is 7.35. The summed E-state index contributed by atoms with van der Waals surface area (Å²) in [6.07, 6.45) is 5.22. The maximum absolute atomic E-state index is 12.5. The third kappa shape index (κ3) is 6.47. The molecule has 1 fully saturated rings. The van der Waals surface area contributed by atoms with Crippen LogP contribution in [0.3, 0.4) is 0 Å². The Kier molecular flexibility index (Phi) is 8.08. The lowest BCUT2D eigenvalue weighted by molar-refractivity contribution is 0.164. The van der Waals surface area contributed by atoms with Gasteiger partial charge in [-0.2, -0.15) is 5.26 Å². The Hall–Kier alpha value is -2.41. The Morgan fingerprint density at radius 1 is 1.08 bits per heavy atom. The maximum atomic E-state index is 12.5. The van der Waals surface area contributed by atoms with Crippen molar-refractivity contribution in [2.45, 2.75) is 56.0 Å². The second-order valence-corrected chi connectivity index (χ2v) is 14.6. The van der Waals surface area contributed by atoms with Gasteiger partial charge in [0.2, 0.25) is 0 Å². The first-order valence-electron chi connectivity index (χ1n) is 12.5. The van der Waals surface area contributed by atoms with Crippen molar-refractivity contribution in [3.05, 3.63) is 59.2 Å². The fourth-order valence-corrected chi connectivity index (χ4v) is 7.72. The predicted octanol–water partition coefficient (Wildman–Crippen LogP) is 3.41. The van der Waals surface area contributed by atoms with Gasteiger partial charge in [0.25, 0.3) is 0 Å². The molecule has 2 aromatic carbocycles. The molecule has 9 heteroatoms. The lowest BCUT2D eigenvalue weighted by Gasteiger charge is -2.35. The van der Waals surface area contributed by atoms with Crippen LogP contribution in [0.5, 0.6) is 5.75 Å². The molecule has 3 atom stereocenters. The number of fused-ring (bicyclic) bond motifs is 1. The molecule has 1 saturated heterocycles. The normalized spacial score (nSPS) is 22.6. The molecule has 4 rings (SSSR count). The van der Waals surface area contributed by atoms with Crippen molar-refractivity contribution in [2.75, 3.05) is 30.9 Å². The van der Waals surface area contributed by atoms with Crippen molar-refractivity contribution in [2.24, 2.45) is 5.92 Å². The summed E-state index contributed by atoms with van der Waals surface area (Å²) in [5.41, 5.74) is 3.31. The van der Waals surface area contributed by atoms with Gasteiger partial charge in [-0.05, 0) is 80.5 Å². The molecule has 1 aliphatic heterocycles. The van der Waals surface area contributed by atoms with E-state index in [1.165, 1.54) is 23.3 Å². The van der Waals surface area contributed by atoms with Crippen molar-refractivity contribution >= 4 is 19.7 Å². The highest BCUT2D eigenvalue weighted by Crippen LogP contribution is 2.33. The maximum Gasteiger partial charge on any atom is 0.178 e. The molecule has 0 N–H and O–H groups in total. The summed E-state index contributed by atoms with van der Waals surface area (Å²) in [6, 6.07) is 15.7. The number of rotatable bonds is 9. The van der Waals surface area contributed by atoms with Gasteiger partial charge in [0.1, 0.15) is 15.6 Å². The van der Waals surface area contributed by atoms with E-state index < -0.39 is 19.7 Å². The van der Waals surface area contributed by atoms with E-state index in [1.54, 1.807) is 12.1 Å². The molecule has 36 heavy (non-hydrogen) atoms. The first-order chi connectivity index (χ1) is 17.1. The highest BCUT2D eigenvalue weighted by atomic mass is 32.2. The highest BCUT2D eigenvalue weighted by Gasteiger charge is 2.36. The molecule has 0 bridgehead atoms. The van der Waals surface area contributed by atoms with Gasteiger partial charge in [-0.3, -0.25) is 4.90 Å². The average Bonchev–Trinajstić information content (AvgIpc) is 3.21. The van der Waals surface area contributed by atoms with Crippen molar-refractivity contribution in [1.29, 1.82) is 5.26 Å². The van der Waals surface area contributed by atoms with Gasteiger partial charge < -0.3 is 4.74 Å². The summed E-state index contributed by atoms with van der Waals surface area (Å²) in [7, 11) is -6.71. The van der Waals surface area contributed by atoms with Gasteiger partial charge in [0, 0.05) is 30.8 Å². The second-order valence-electron chi connectivity index (χ2n) is 10.2. The molecule has 194 valence electrons. The van der Waals surface area contributed by atoms with Gasteiger partial charge in [-0.15, -0.1) is 0 Å². The van der Waals surface area contributed by atoms with Crippen LogP contribution in [0.2, 0.25) is 0 Å². The number of ether oxygens (including phenoxy) is 1. The molecule has 0 aromatic heterocycles. The standard InChI is InChI=1S/C27H34N2O5S2/c1-20-15-21(18-29(20)24-7-12-27-22(16-24)5-3-6-23(27)17-28)19-34-25-8-10-26(11-9-25)36(32,33)14-4-13-35(2,30)31/h3,5-6,8-11,20-21,24H,4,7,12-16,18-19H2,1-2H3/t20-,21+,24+/m1/s1. The van der Waals surface area contributed by atoms with Crippen molar-refractivity contribution in [3.63, 3.8) is 0 Å². The fraction of sp³-hybridized carbons (Fsp3) is 0.519.